The predicted octanol–water partition coefficient (Wildman–Crippen LogP) is 3.60. The third kappa shape index (κ3) is 3.76. The molecular formula is C13H17ClF3NO. The largest absolute Gasteiger partial charge is 0.496 e. The normalized spacial score (nSPS) is 16.8. The van der Waals surface area contributed by atoms with E-state index in [0.29, 0.717) is 0 Å². The number of nitrogens with one attached hydrogen (secondary N) is 1. The van der Waals surface area contributed by atoms with Crippen molar-refractivity contribution in [3.63, 3.8) is 0 Å². The Morgan fingerprint density at radius 1 is 1.21 bits per heavy atom. The minimum atomic E-state index is -4.37. The lowest BCUT2D eigenvalue weighted by Gasteiger charge is -2.24. The highest BCUT2D eigenvalue weighted by molar-refractivity contribution is 5.85. The van der Waals surface area contributed by atoms with Crippen molar-refractivity contribution in [3.8, 4) is 5.75 Å². The van der Waals surface area contributed by atoms with Gasteiger partial charge in [-0.2, -0.15) is 13.2 Å². The highest BCUT2D eigenvalue weighted by Gasteiger charge is 2.35. The Balaban J connectivity index is 0.00000180. The van der Waals surface area contributed by atoms with Crippen molar-refractivity contribution in [1.82, 2.24) is 5.32 Å². The van der Waals surface area contributed by atoms with E-state index in [-0.39, 0.29) is 24.1 Å². The zero-order valence-electron chi connectivity index (χ0n) is 10.6. The van der Waals surface area contributed by atoms with Crippen LogP contribution in [0.4, 0.5) is 13.2 Å². The molecule has 1 heterocycles. The number of hydrogen-bond acceptors (Lipinski definition) is 2. The molecule has 0 spiro atoms. The molecule has 1 aliphatic rings. The van der Waals surface area contributed by atoms with E-state index >= 15 is 0 Å². The molecule has 1 aromatic rings. The minimum absolute atomic E-state index is 0. The van der Waals surface area contributed by atoms with E-state index in [4.69, 9.17) is 4.74 Å². The van der Waals surface area contributed by atoms with E-state index in [1.807, 2.05) is 0 Å². The maximum absolute atomic E-state index is 12.9. The molecule has 108 valence electrons. The number of methoxy groups -OCH3 is 1. The Labute approximate surface area is 116 Å². The van der Waals surface area contributed by atoms with E-state index in [1.54, 1.807) is 6.07 Å². The van der Waals surface area contributed by atoms with Crippen molar-refractivity contribution < 1.29 is 17.9 Å². The van der Waals surface area contributed by atoms with Crippen LogP contribution in [0, 0.1) is 0 Å². The number of ether oxygens (including phenoxy) is 1. The van der Waals surface area contributed by atoms with Gasteiger partial charge in [0, 0.05) is 0 Å². The monoisotopic (exact) mass is 295 g/mol. The van der Waals surface area contributed by atoms with Gasteiger partial charge in [-0.3, -0.25) is 0 Å². The predicted molar refractivity (Wildman–Crippen MR) is 70.1 cm³/mol. The van der Waals surface area contributed by atoms with E-state index in [2.05, 4.69) is 5.32 Å². The summed E-state index contributed by atoms with van der Waals surface area (Å²) in [7, 11) is 1.26. The highest BCUT2D eigenvalue weighted by Crippen LogP contribution is 2.38. The average Bonchev–Trinajstić information content (AvgIpc) is 2.38. The maximum atomic E-state index is 12.9. The fourth-order valence-corrected chi connectivity index (χ4v) is 2.36. The van der Waals surface area contributed by atoms with Crippen molar-refractivity contribution in [1.29, 1.82) is 0 Å². The van der Waals surface area contributed by atoms with Crippen molar-refractivity contribution in [2.75, 3.05) is 20.2 Å². The summed E-state index contributed by atoms with van der Waals surface area (Å²) in [6.45, 7) is 1.72. The Bertz CT molecular complexity index is 417. The smallest absolute Gasteiger partial charge is 0.419 e. The lowest BCUT2D eigenvalue weighted by molar-refractivity contribution is -0.138. The van der Waals surface area contributed by atoms with Crippen molar-refractivity contribution in [2.45, 2.75) is 24.9 Å². The molecule has 1 aromatic carbocycles. The summed E-state index contributed by atoms with van der Waals surface area (Å²) in [5, 5.41) is 3.20. The molecule has 2 rings (SSSR count). The van der Waals surface area contributed by atoms with Gasteiger partial charge in [0.25, 0.3) is 0 Å². The van der Waals surface area contributed by atoms with Gasteiger partial charge in [-0.05, 0) is 49.5 Å². The highest BCUT2D eigenvalue weighted by atomic mass is 35.5. The SMILES string of the molecule is COc1ccc(C2CCNCC2)cc1C(F)(F)F.Cl. The fraction of sp³-hybridized carbons (Fsp3) is 0.538. The second kappa shape index (κ2) is 6.48. The van der Waals surface area contributed by atoms with Gasteiger partial charge in [0.05, 0.1) is 12.7 Å². The van der Waals surface area contributed by atoms with Crippen LogP contribution in [-0.4, -0.2) is 20.2 Å². The van der Waals surface area contributed by atoms with E-state index < -0.39 is 11.7 Å². The Kier molecular flexibility index (Phi) is 5.50. The van der Waals surface area contributed by atoms with Crippen LogP contribution in [0.5, 0.6) is 5.75 Å². The number of hydrogen-bond donors (Lipinski definition) is 1. The molecule has 0 radical (unpaired) electrons. The number of halogens is 4. The molecule has 0 aromatic heterocycles. The van der Waals surface area contributed by atoms with Gasteiger partial charge in [-0.15, -0.1) is 12.4 Å². The summed E-state index contributed by atoms with van der Waals surface area (Å²) < 4.78 is 43.5. The van der Waals surface area contributed by atoms with Gasteiger partial charge in [0.15, 0.2) is 0 Å². The number of alkyl halides is 3. The Hall–Kier alpha value is -0.940. The first-order valence-corrected chi connectivity index (χ1v) is 5.98. The number of piperidine rings is 1. The molecule has 0 aliphatic carbocycles. The molecule has 1 saturated heterocycles. The van der Waals surface area contributed by atoms with Crippen LogP contribution in [-0.2, 0) is 6.18 Å². The van der Waals surface area contributed by atoms with Crippen LogP contribution in [0.1, 0.15) is 29.9 Å². The summed E-state index contributed by atoms with van der Waals surface area (Å²) >= 11 is 0. The summed E-state index contributed by atoms with van der Waals surface area (Å²) in [5.74, 6) is 0.0958. The second-order valence-corrected chi connectivity index (χ2v) is 4.48. The maximum Gasteiger partial charge on any atom is 0.419 e. The summed E-state index contributed by atoms with van der Waals surface area (Å²) in [6, 6.07) is 4.39. The van der Waals surface area contributed by atoms with Crippen LogP contribution in [0.15, 0.2) is 18.2 Å². The molecule has 0 unspecified atom stereocenters. The molecule has 0 saturated carbocycles. The summed E-state index contributed by atoms with van der Waals surface area (Å²) in [4.78, 5) is 0. The molecule has 1 N–H and O–H groups in total. The average molecular weight is 296 g/mol. The van der Waals surface area contributed by atoms with Gasteiger partial charge in [-0.25, -0.2) is 0 Å². The molecule has 0 bridgehead atoms. The van der Waals surface area contributed by atoms with Gasteiger partial charge < -0.3 is 10.1 Å². The van der Waals surface area contributed by atoms with E-state index in [1.165, 1.54) is 19.2 Å². The van der Waals surface area contributed by atoms with Crippen LogP contribution < -0.4 is 10.1 Å². The molecular weight excluding hydrogens is 279 g/mol. The Morgan fingerprint density at radius 2 is 1.84 bits per heavy atom. The van der Waals surface area contributed by atoms with Crippen LogP contribution in [0.3, 0.4) is 0 Å². The fourth-order valence-electron chi connectivity index (χ4n) is 2.36. The van der Waals surface area contributed by atoms with Crippen LogP contribution >= 0.6 is 12.4 Å². The number of benzene rings is 1. The second-order valence-electron chi connectivity index (χ2n) is 4.48. The standard InChI is InChI=1S/C13H16F3NO.ClH/c1-18-12-3-2-10(8-11(12)13(14,15)16)9-4-6-17-7-5-9;/h2-3,8-9,17H,4-7H2,1H3;1H. The topological polar surface area (TPSA) is 21.3 Å². The van der Waals surface area contributed by atoms with Crippen molar-refractivity contribution >= 4 is 12.4 Å². The number of rotatable bonds is 2. The van der Waals surface area contributed by atoms with Crippen molar-refractivity contribution in [2.24, 2.45) is 0 Å². The zero-order chi connectivity index (χ0) is 13.2. The molecule has 1 aliphatic heterocycles. The quantitative estimate of drug-likeness (QED) is 0.900. The van der Waals surface area contributed by atoms with Crippen molar-refractivity contribution in [3.05, 3.63) is 29.3 Å². The van der Waals surface area contributed by atoms with Crippen LogP contribution in [0.2, 0.25) is 0 Å². The van der Waals surface area contributed by atoms with Crippen LogP contribution in [0.25, 0.3) is 0 Å². The van der Waals surface area contributed by atoms with Gasteiger partial charge in [0.1, 0.15) is 5.75 Å². The van der Waals surface area contributed by atoms with Gasteiger partial charge in [0.2, 0.25) is 0 Å². The molecule has 0 atom stereocenters. The first kappa shape index (κ1) is 16.1. The zero-order valence-corrected chi connectivity index (χ0v) is 11.4. The molecule has 0 amide bonds. The lowest BCUT2D eigenvalue weighted by Crippen LogP contribution is -2.26. The summed E-state index contributed by atoms with van der Waals surface area (Å²) in [5.41, 5.74) is 0.0747. The molecule has 19 heavy (non-hydrogen) atoms. The first-order valence-electron chi connectivity index (χ1n) is 5.98. The lowest BCUT2D eigenvalue weighted by atomic mass is 9.89. The summed E-state index contributed by atoms with van der Waals surface area (Å²) in [6.07, 6.45) is -2.61. The van der Waals surface area contributed by atoms with Gasteiger partial charge in [-0.1, -0.05) is 6.07 Å². The van der Waals surface area contributed by atoms with E-state index in [9.17, 15) is 13.2 Å². The third-order valence-electron chi connectivity index (χ3n) is 3.34. The molecule has 1 fully saturated rings. The first-order chi connectivity index (χ1) is 8.52. The third-order valence-corrected chi connectivity index (χ3v) is 3.34. The van der Waals surface area contributed by atoms with E-state index in [0.717, 1.165) is 31.5 Å². The Morgan fingerprint density at radius 3 is 2.37 bits per heavy atom. The molecule has 6 heteroatoms. The molecule has 2 nitrogen and oxygen atoms in total. The minimum Gasteiger partial charge on any atom is -0.496 e. The van der Waals surface area contributed by atoms with Gasteiger partial charge >= 0.3 is 6.18 Å².